The van der Waals surface area contributed by atoms with Crippen LogP contribution in [0.2, 0.25) is 0 Å². The van der Waals surface area contributed by atoms with Gasteiger partial charge in [0.2, 0.25) is 0 Å². The van der Waals surface area contributed by atoms with Gasteiger partial charge in [-0.05, 0) is 30.9 Å². The van der Waals surface area contributed by atoms with Gasteiger partial charge >= 0.3 is 6.18 Å². The summed E-state index contributed by atoms with van der Waals surface area (Å²) >= 11 is 0. The maximum atomic E-state index is 12.5. The molecule has 92 valence electrons. The van der Waals surface area contributed by atoms with Crippen molar-refractivity contribution < 1.29 is 17.9 Å². The predicted octanol–water partition coefficient (Wildman–Crippen LogP) is 4.14. The molecule has 1 nitrogen and oxygen atoms in total. The Balaban J connectivity index is 2.21. The number of benzene rings is 1. The van der Waals surface area contributed by atoms with Crippen molar-refractivity contribution in [3.05, 3.63) is 35.9 Å². The van der Waals surface area contributed by atoms with Gasteiger partial charge in [0.15, 0.2) is 0 Å². The summed E-state index contributed by atoms with van der Waals surface area (Å²) in [6.07, 6.45) is -0.634. The third-order valence-electron chi connectivity index (χ3n) is 2.73. The Bertz CT molecular complexity index is 419. The van der Waals surface area contributed by atoms with Crippen LogP contribution in [0.3, 0.4) is 0 Å². The molecule has 2 rings (SSSR count). The molecule has 0 bridgehead atoms. The van der Waals surface area contributed by atoms with Gasteiger partial charge in [0.1, 0.15) is 5.75 Å². The van der Waals surface area contributed by atoms with Crippen molar-refractivity contribution in [3.8, 4) is 5.75 Å². The van der Waals surface area contributed by atoms with Crippen LogP contribution in [0.5, 0.6) is 5.75 Å². The van der Waals surface area contributed by atoms with Crippen molar-refractivity contribution in [3.63, 3.8) is 0 Å². The van der Waals surface area contributed by atoms with Crippen LogP contribution in [0.25, 0.3) is 6.08 Å². The lowest BCUT2D eigenvalue weighted by Crippen LogP contribution is -2.07. The van der Waals surface area contributed by atoms with Crippen molar-refractivity contribution in [1.29, 1.82) is 0 Å². The topological polar surface area (TPSA) is 9.23 Å². The van der Waals surface area contributed by atoms with Crippen molar-refractivity contribution in [2.24, 2.45) is 5.92 Å². The molecule has 1 aromatic carbocycles. The lowest BCUT2D eigenvalue weighted by atomic mass is 10.1. The maximum Gasteiger partial charge on any atom is 0.416 e. The molecule has 17 heavy (non-hydrogen) atoms. The zero-order valence-electron chi connectivity index (χ0n) is 9.26. The van der Waals surface area contributed by atoms with E-state index >= 15 is 0 Å². The van der Waals surface area contributed by atoms with E-state index in [1.807, 2.05) is 0 Å². The summed E-state index contributed by atoms with van der Waals surface area (Å²) in [4.78, 5) is 0. The third-order valence-corrected chi connectivity index (χ3v) is 2.73. The fraction of sp³-hybridized carbons (Fsp3) is 0.385. The molecular formula is C13H13F3O. The van der Waals surface area contributed by atoms with Crippen molar-refractivity contribution in [2.45, 2.75) is 19.0 Å². The first-order valence-corrected chi connectivity index (χ1v) is 5.47. The molecule has 1 aliphatic carbocycles. The van der Waals surface area contributed by atoms with E-state index in [2.05, 4.69) is 6.58 Å². The van der Waals surface area contributed by atoms with E-state index in [1.54, 1.807) is 0 Å². The van der Waals surface area contributed by atoms with Crippen LogP contribution in [0.15, 0.2) is 24.8 Å². The average molecular weight is 242 g/mol. The molecule has 4 heteroatoms. The SMILES string of the molecule is C=Cc1ccc(C(F)(F)F)cc1OCC1CC1. The average Bonchev–Trinajstić information content (AvgIpc) is 3.08. The van der Waals surface area contributed by atoms with Crippen molar-refractivity contribution >= 4 is 6.08 Å². The first-order valence-electron chi connectivity index (χ1n) is 5.47. The number of hydrogen-bond donors (Lipinski definition) is 0. The quantitative estimate of drug-likeness (QED) is 0.771. The molecule has 0 aliphatic heterocycles. The Hall–Kier alpha value is -1.45. The van der Waals surface area contributed by atoms with Crippen LogP contribution in [0.1, 0.15) is 24.0 Å². The largest absolute Gasteiger partial charge is 0.493 e. The molecule has 1 aromatic rings. The van der Waals surface area contributed by atoms with Crippen LogP contribution in [-0.4, -0.2) is 6.61 Å². The number of alkyl halides is 3. The number of halogens is 3. The summed E-state index contributed by atoms with van der Waals surface area (Å²) in [6.45, 7) is 4.05. The summed E-state index contributed by atoms with van der Waals surface area (Å²) in [7, 11) is 0. The van der Waals surface area contributed by atoms with Gasteiger partial charge in [0, 0.05) is 5.56 Å². The molecule has 0 atom stereocenters. The molecule has 1 fully saturated rings. The first kappa shape index (κ1) is 12.0. The summed E-state index contributed by atoms with van der Waals surface area (Å²) in [6, 6.07) is 3.47. The molecule has 1 aliphatic rings. The molecule has 0 unspecified atom stereocenters. The van der Waals surface area contributed by atoms with Crippen LogP contribution in [0.4, 0.5) is 13.2 Å². The van der Waals surface area contributed by atoms with E-state index in [1.165, 1.54) is 12.1 Å². The minimum absolute atomic E-state index is 0.265. The highest BCUT2D eigenvalue weighted by molar-refractivity contribution is 5.56. The molecule has 0 amide bonds. The molecule has 1 saturated carbocycles. The minimum Gasteiger partial charge on any atom is -0.493 e. The molecule has 0 saturated heterocycles. The normalized spacial score (nSPS) is 15.7. The van der Waals surface area contributed by atoms with Gasteiger partial charge in [-0.25, -0.2) is 0 Å². The number of ether oxygens (including phenoxy) is 1. The molecular weight excluding hydrogens is 229 g/mol. The van der Waals surface area contributed by atoms with E-state index < -0.39 is 11.7 Å². The van der Waals surface area contributed by atoms with E-state index in [0.29, 0.717) is 18.1 Å². The lowest BCUT2D eigenvalue weighted by Gasteiger charge is -2.12. The van der Waals surface area contributed by atoms with Crippen molar-refractivity contribution in [1.82, 2.24) is 0 Å². The highest BCUT2D eigenvalue weighted by Gasteiger charge is 2.31. The smallest absolute Gasteiger partial charge is 0.416 e. The van der Waals surface area contributed by atoms with Crippen molar-refractivity contribution in [2.75, 3.05) is 6.61 Å². The number of hydrogen-bond acceptors (Lipinski definition) is 1. The van der Waals surface area contributed by atoms with Gasteiger partial charge in [-0.15, -0.1) is 0 Å². The lowest BCUT2D eigenvalue weighted by molar-refractivity contribution is -0.137. The molecule has 0 heterocycles. The van der Waals surface area contributed by atoms with Crippen LogP contribution in [0, 0.1) is 5.92 Å². The van der Waals surface area contributed by atoms with E-state index in [4.69, 9.17) is 4.74 Å². The number of rotatable bonds is 4. The monoisotopic (exact) mass is 242 g/mol. The summed E-state index contributed by atoms with van der Waals surface area (Å²) in [5, 5.41) is 0. The molecule has 0 aromatic heterocycles. The summed E-state index contributed by atoms with van der Waals surface area (Å²) in [5.41, 5.74) is -0.0902. The summed E-state index contributed by atoms with van der Waals surface area (Å²) in [5.74, 6) is 0.768. The van der Waals surface area contributed by atoms with Gasteiger partial charge in [0.25, 0.3) is 0 Å². The van der Waals surface area contributed by atoms with E-state index in [-0.39, 0.29) is 5.75 Å². The first-order chi connectivity index (χ1) is 8.00. The van der Waals surface area contributed by atoms with Crippen LogP contribution >= 0.6 is 0 Å². The highest BCUT2D eigenvalue weighted by atomic mass is 19.4. The Kier molecular flexibility index (Phi) is 3.13. The van der Waals surface area contributed by atoms with Gasteiger partial charge in [0.05, 0.1) is 12.2 Å². The second-order valence-corrected chi connectivity index (χ2v) is 4.21. The van der Waals surface area contributed by atoms with Gasteiger partial charge < -0.3 is 4.74 Å². The minimum atomic E-state index is -4.34. The van der Waals surface area contributed by atoms with Crippen LogP contribution < -0.4 is 4.74 Å². The van der Waals surface area contributed by atoms with Gasteiger partial charge in [-0.1, -0.05) is 18.7 Å². The standard InChI is InChI=1S/C13H13F3O/c1-2-10-5-6-11(13(14,15)16)7-12(10)17-8-9-3-4-9/h2,5-7,9H,1,3-4,8H2. The highest BCUT2D eigenvalue weighted by Crippen LogP contribution is 2.35. The molecule has 0 spiro atoms. The Morgan fingerprint density at radius 3 is 2.59 bits per heavy atom. The predicted molar refractivity (Wildman–Crippen MR) is 59.8 cm³/mol. The summed E-state index contributed by atoms with van der Waals surface area (Å²) < 4.78 is 43.0. The molecule has 0 N–H and O–H groups in total. The van der Waals surface area contributed by atoms with E-state index in [0.717, 1.165) is 25.0 Å². The Labute approximate surface area is 97.9 Å². The third kappa shape index (κ3) is 3.02. The Morgan fingerprint density at radius 1 is 1.35 bits per heavy atom. The van der Waals surface area contributed by atoms with E-state index in [9.17, 15) is 13.2 Å². The second kappa shape index (κ2) is 4.43. The zero-order valence-corrected chi connectivity index (χ0v) is 9.26. The molecule has 0 radical (unpaired) electrons. The fourth-order valence-electron chi connectivity index (χ4n) is 1.50. The zero-order chi connectivity index (χ0) is 12.5. The fourth-order valence-corrected chi connectivity index (χ4v) is 1.50. The van der Waals surface area contributed by atoms with Gasteiger partial charge in [-0.3, -0.25) is 0 Å². The van der Waals surface area contributed by atoms with Crippen LogP contribution in [-0.2, 0) is 6.18 Å². The maximum absolute atomic E-state index is 12.5. The Morgan fingerprint density at radius 2 is 2.06 bits per heavy atom. The second-order valence-electron chi connectivity index (χ2n) is 4.21. The van der Waals surface area contributed by atoms with Gasteiger partial charge in [-0.2, -0.15) is 13.2 Å².